The predicted molar refractivity (Wildman–Crippen MR) is 62.0 cm³/mol. The van der Waals surface area contributed by atoms with E-state index in [1.807, 2.05) is 12.1 Å². The Bertz CT molecular complexity index is 472. The Morgan fingerprint density at radius 1 is 1.47 bits per heavy atom. The van der Waals surface area contributed by atoms with E-state index in [2.05, 4.69) is 30.8 Å². The van der Waals surface area contributed by atoms with Gasteiger partial charge in [-0.15, -0.1) is 5.10 Å². The normalized spacial score (nSPS) is 9.93. The molecule has 0 fully saturated rings. The SMILES string of the molecule is O=C(Nc1cnns1)c1cccc(Br)c1. The summed E-state index contributed by atoms with van der Waals surface area (Å²) in [5.41, 5.74) is 0.595. The van der Waals surface area contributed by atoms with E-state index >= 15 is 0 Å². The second-order valence-electron chi connectivity index (χ2n) is 2.75. The van der Waals surface area contributed by atoms with Crippen LogP contribution in [0.5, 0.6) is 0 Å². The Morgan fingerprint density at radius 2 is 2.33 bits per heavy atom. The van der Waals surface area contributed by atoms with E-state index in [4.69, 9.17) is 0 Å². The van der Waals surface area contributed by atoms with Gasteiger partial charge in [-0.2, -0.15) is 0 Å². The number of rotatable bonds is 2. The molecule has 0 unspecified atom stereocenters. The molecular formula is C9H6BrN3OS. The van der Waals surface area contributed by atoms with Gasteiger partial charge in [-0.3, -0.25) is 4.79 Å². The molecule has 1 heterocycles. The molecule has 1 aromatic carbocycles. The molecule has 1 N–H and O–H groups in total. The zero-order valence-electron chi connectivity index (χ0n) is 7.48. The second kappa shape index (κ2) is 4.50. The number of anilines is 1. The van der Waals surface area contributed by atoms with Crippen molar-refractivity contribution in [3.05, 3.63) is 40.5 Å². The van der Waals surface area contributed by atoms with Gasteiger partial charge >= 0.3 is 0 Å². The fourth-order valence-corrected chi connectivity index (χ4v) is 1.85. The van der Waals surface area contributed by atoms with Crippen molar-refractivity contribution in [3.63, 3.8) is 0 Å². The lowest BCUT2D eigenvalue weighted by atomic mass is 10.2. The summed E-state index contributed by atoms with van der Waals surface area (Å²) < 4.78 is 4.53. The summed E-state index contributed by atoms with van der Waals surface area (Å²) in [6.45, 7) is 0. The first-order valence-electron chi connectivity index (χ1n) is 4.10. The van der Waals surface area contributed by atoms with Crippen molar-refractivity contribution in [1.29, 1.82) is 0 Å². The minimum atomic E-state index is -0.164. The Morgan fingerprint density at radius 3 is 3.00 bits per heavy atom. The van der Waals surface area contributed by atoms with Crippen molar-refractivity contribution >= 4 is 38.4 Å². The minimum absolute atomic E-state index is 0.164. The summed E-state index contributed by atoms with van der Waals surface area (Å²) >= 11 is 4.45. The minimum Gasteiger partial charge on any atom is -0.311 e. The van der Waals surface area contributed by atoms with Gasteiger partial charge in [-0.1, -0.05) is 26.5 Å². The summed E-state index contributed by atoms with van der Waals surface area (Å²) in [5, 5.41) is 6.97. The Kier molecular flexibility index (Phi) is 3.08. The van der Waals surface area contributed by atoms with Gasteiger partial charge in [0, 0.05) is 21.6 Å². The molecule has 2 aromatic rings. The van der Waals surface area contributed by atoms with Crippen LogP contribution in [0, 0.1) is 0 Å². The molecule has 1 aromatic heterocycles. The first kappa shape index (κ1) is 10.3. The van der Waals surface area contributed by atoms with E-state index in [0.29, 0.717) is 10.6 Å². The molecule has 76 valence electrons. The molecule has 0 saturated carbocycles. The molecule has 1 amide bonds. The van der Waals surface area contributed by atoms with Gasteiger partial charge in [0.25, 0.3) is 5.91 Å². The Hall–Kier alpha value is -1.27. The maximum atomic E-state index is 11.7. The van der Waals surface area contributed by atoms with Crippen LogP contribution in [0.15, 0.2) is 34.9 Å². The van der Waals surface area contributed by atoms with Crippen LogP contribution in [0.4, 0.5) is 5.00 Å². The second-order valence-corrected chi connectivity index (χ2v) is 4.45. The third-order valence-corrected chi connectivity index (χ3v) is 2.76. The topological polar surface area (TPSA) is 54.9 Å². The van der Waals surface area contributed by atoms with Gasteiger partial charge in [0.15, 0.2) is 0 Å². The van der Waals surface area contributed by atoms with E-state index < -0.39 is 0 Å². The molecule has 4 nitrogen and oxygen atoms in total. The highest BCUT2D eigenvalue weighted by Crippen LogP contribution is 2.15. The highest BCUT2D eigenvalue weighted by atomic mass is 79.9. The number of amides is 1. The van der Waals surface area contributed by atoms with Crippen LogP contribution < -0.4 is 5.32 Å². The molecular weight excluding hydrogens is 278 g/mol. The summed E-state index contributed by atoms with van der Waals surface area (Å²) in [4.78, 5) is 11.7. The predicted octanol–water partition coefficient (Wildman–Crippen LogP) is 2.55. The molecule has 0 spiro atoms. The molecule has 0 bridgehead atoms. The molecule has 0 aliphatic carbocycles. The summed E-state index contributed by atoms with van der Waals surface area (Å²) in [7, 11) is 0. The van der Waals surface area contributed by atoms with Gasteiger partial charge in [-0.05, 0) is 18.2 Å². The van der Waals surface area contributed by atoms with Gasteiger partial charge in [0.05, 0.1) is 6.20 Å². The lowest BCUT2D eigenvalue weighted by Crippen LogP contribution is -2.10. The van der Waals surface area contributed by atoms with E-state index in [9.17, 15) is 4.79 Å². The van der Waals surface area contributed by atoms with Crippen molar-refractivity contribution in [2.24, 2.45) is 0 Å². The van der Waals surface area contributed by atoms with Crippen molar-refractivity contribution in [2.75, 3.05) is 5.32 Å². The quantitative estimate of drug-likeness (QED) is 0.922. The van der Waals surface area contributed by atoms with Crippen LogP contribution in [-0.4, -0.2) is 15.5 Å². The number of hydrogen-bond acceptors (Lipinski definition) is 4. The van der Waals surface area contributed by atoms with Gasteiger partial charge < -0.3 is 5.32 Å². The largest absolute Gasteiger partial charge is 0.311 e. The molecule has 2 rings (SSSR count). The maximum absolute atomic E-state index is 11.7. The lowest BCUT2D eigenvalue weighted by molar-refractivity contribution is 0.102. The van der Waals surface area contributed by atoms with Crippen molar-refractivity contribution in [1.82, 2.24) is 9.59 Å². The fraction of sp³-hybridized carbons (Fsp3) is 0. The van der Waals surface area contributed by atoms with Crippen molar-refractivity contribution in [3.8, 4) is 0 Å². The number of hydrogen-bond donors (Lipinski definition) is 1. The van der Waals surface area contributed by atoms with Crippen LogP contribution in [0.25, 0.3) is 0 Å². The first-order chi connectivity index (χ1) is 7.25. The number of nitrogens with one attached hydrogen (secondary N) is 1. The highest BCUT2D eigenvalue weighted by molar-refractivity contribution is 9.10. The summed E-state index contributed by atoms with van der Waals surface area (Å²) in [5.74, 6) is -0.164. The molecule has 0 aliphatic rings. The van der Waals surface area contributed by atoms with E-state index in [1.165, 1.54) is 6.20 Å². The average molecular weight is 284 g/mol. The molecule has 0 radical (unpaired) electrons. The first-order valence-corrected chi connectivity index (χ1v) is 5.66. The Labute approximate surface area is 98.6 Å². The van der Waals surface area contributed by atoms with Crippen LogP contribution in [0.2, 0.25) is 0 Å². The van der Waals surface area contributed by atoms with E-state index in [1.54, 1.807) is 12.1 Å². The number of carbonyl (C=O) groups excluding carboxylic acids is 1. The smallest absolute Gasteiger partial charge is 0.256 e. The lowest BCUT2D eigenvalue weighted by Gasteiger charge is -2.01. The van der Waals surface area contributed by atoms with Crippen LogP contribution in [0.1, 0.15) is 10.4 Å². The number of carbonyl (C=O) groups is 1. The molecule has 0 saturated heterocycles. The third-order valence-electron chi connectivity index (χ3n) is 1.68. The van der Waals surface area contributed by atoms with Crippen LogP contribution >= 0.6 is 27.5 Å². The van der Waals surface area contributed by atoms with Crippen molar-refractivity contribution < 1.29 is 4.79 Å². The highest BCUT2D eigenvalue weighted by Gasteiger charge is 2.07. The van der Waals surface area contributed by atoms with Crippen LogP contribution in [0.3, 0.4) is 0 Å². The molecule has 6 heteroatoms. The number of halogens is 1. The number of nitrogens with zero attached hydrogens (tertiary/aromatic N) is 2. The number of aromatic nitrogens is 2. The zero-order chi connectivity index (χ0) is 10.7. The van der Waals surface area contributed by atoms with E-state index in [0.717, 1.165) is 16.0 Å². The molecule has 0 atom stereocenters. The zero-order valence-corrected chi connectivity index (χ0v) is 9.88. The van der Waals surface area contributed by atoms with Crippen LogP contribution in [-0.2, 0) is 0 Å². The Balaban J connectivity index is 2.15. The third kappa shape index (κ3) is 2.60. The fourth-order valence-electron chi connectivity index (χ4n) is 1.04. The summed E-state index contributed by atoms with van der Waals surface area (Å²) in [6, 6.07) is 7.17. The summed E-state index contributed by atoms with van der Waals surface area (Å²) in [6.07, 6.45) is 1.51. The van der Waals surface area contributed by atoms with Gasteiger partial charge in [-0.25, -0.2) is 0 Å². The van der Waals surface area contributed by atoms with Crippen molar-refractivity contribution in [2.45, 2.75) is 0 Å². The monoisotopic (exact) mass is 283 g/mol. The average Bonchev–Trinajstić information content (AvgIpc) is 2.70. The van der Waals surface area contributed by atoms with E-state index in [-0.39, 0.29) is 5.91 Å². The number of benzene rings is 1. The van der Waals surface area contributed by atoms with Gasteiger partial charge in [0.2, 0.25) is 0 Å². The maximum Gasteiger partial charge on any atom is 0.256 e. The standard InChI is InChI=1S/C9H6BrN3OS/c10-7-3-1-2-6(4-7)9(14)12-8-5-11-13-15-8/h1-5H,(H,12,14). The molecule has 15 heavy (non-hydrogen) atoms. The van der Waals surface area contributed by atoms with Gasteiger partial charge in [0.1, 0.15) is 5.00 Å². The molecule has 0 aliphatic heterocycles.